The van der Waals surface area contributed by atoms with Gasteiger partial charge in [-0.1, -0.05) is 42.5 Å². The van der Waals surface area contributed by atoms with Crippen LogP contribution in [0.25, 0.3) is 11.1 Å². The molecule has 0 bridgehead atoms. The molecule has 3 aromatic rings. The molecule has 3 rings (SSSR count). The molecule has 0 radical (unpaired) electrons. The summed E-state index contributed by atoms with van der Waals surface area (Å²) in [6, 6.07) is 24.9. The lowest BCUT2D eigenvalue weighted by atomic mass is 10.1. The molecular formula is C20H17NO2. The first-order chi connectivity index (χ1) is 11.3. The van der Waals surface area contributed by atoms with Crippen LogP contribution in [-0.2, 0) is 0 Å². The largest absolute Gasteiger partial charge is 0.497 e. The third-order valence-electron chi connectivity index (χ3n) is 3.58. The molecule has 0 saturated heterocycles. The normalized spacial score (nSPS) is 10.1. The average molecular weight is 303 g/mol. The lowest BCUT2D eigenvalue weighted by Gasteiger charge is -2.08. The number of methoxy groups -OCH3 is 1. The van der Waals surface area contributed by atoms with Crippen LogP contribution < -0.4 is 10.1 Å². The topological polar surface area (TPSA) is 38.3 Å². The molecule has 0 fully saturated rings. The van der Waals surface area contributed by atoms with E-state index in [1.807, 2.05) is 54.6 Å². The van der Waals surface area contributed by atoms with Gasteiger partial charge in [-0.25, -0.2) is 0 Å². The highest BCUT2D eigenvalue weighted by molar-refractivity contribution is 6.04. The number of hydrogen-bond donors (Lipinski definition) is 1. The predicted molar refractivity (Wildman–Crippen MR) is 92.8 cm³/mol. The molecule has 0 atom stereocenters. The first-order valence-corrected chi connectivity index (χ1v) is 7.37. The average Bonchev–Trinajstić information content (AvgIpc) is 2.63. The molecule has 1 amide bonds. The molecule has 1 N–H and O–H groups in total. The van der Waals surface area contributed by atoms with Crippen molar-refractivity contribution in [1.29, 1.82) is 0 Å². The number of carbonyl (C=O) groups excluding carboxylic acids is 1. The Kier molecular flexibility index (Phi) is 4.39. The van der Waals surface area contributed by atoms with Crippen LogP contribution in [0.15, 0.2) is 78.9 Å². The van der Waals surface area contributed by atoms with Crippen LogP contribution in [0.2, 0.25) is 0 Å². The molecule has 3 heteroatoms. The standard InChI is InChI=1S/C20H17NO2/c1-23-19-12-10-16(11-13-19)20(22)21-18-9-5-8-17(14-18)15-6-3-2-4-7-15/h2-14H,1H3,(H,21,22). The van der Waals surface area contributed by atoms with Crippen molar-refractivity contribution in [2.24, 2.45) is 0 Å². The Morgan fingerprint density at radius 1 is 0.826 bits per heavy atom. The molecule has 0 unspecified atom stereocenters. The van der Waals surface area contributed by atoms with Gasteiger partial charge in [-0.05, 0) is 47.5 Å². The summed E-state index contributed by atoms with van der Waals surface area (Å²) in [4.78, 5) is 12.3. The molecule has 0 saturated carbocycles. The van der Waals surface area contributed by atoms with Gasteiger partial charge in [-0.15, -0.1) is 0 Å². The minimum Gasteiger partial charge on any atom is -0.497 e. The number of amides is 1. The highest BCUT2D eigenvalue weighted by Crippen LogP contribution is 2.22. The monoisotopic (exact) mass is 303 g/mol. The highest BCUT2D eigenvalue weighted by Gasteiger charge is 2.07. The molecule has 0 spiro atoms. The highest BCUT2D eigenvalue weighted by atomic mass is 16.5. The van der Waals surface area contributed by atoms with E-state index >= 15 is 0 Å². The molecule has 3 aromatic carbocycles. The lowest BCUT2D eigenvalue weighted by molar-refractivity contribution is 0.102. The van der Waals surface area contributed by atoms with E-state index in [0.717, 1.165) is 22.6 Å². The molecule has 0 aliphatic heterocycles. The van der Waals surface area contributed by atoms with Gasteiger partial charge in [-0.3, -0.25) is 4.79 Å². The van der Waals surface area contributed by atoms with Crippen molar-refractivity contribution in [2.75, 3.05) is 12.4 Å². The Morgan fingerprint density at radius 2 is 1.52 bits per heavy atom. The van der Waals surface area contributed by atoms with Gasteiger partial charge in [0.2, 0.25) is 0 Å². The summed E-state index contributed by atoms with van der Waals surface area (Å²) >= 11 is 0. The third kappa shape index (κ3) is 3.58. The van der Waals surface area contributed by atoms with E-state index in [-0.39, 0.29) is 5.91 Å². The maximum Gasteiger partial charge on any atom is 0.255 e. The first-order valence-electron chi connectivity index (χ1n) is 7.37. The third-order valence-corrected chi connectivity index (χ3v) is 3.58. The van der Waals surface area contributed by atoms with Crippen molar-refractivity contribution in [1.82, 2.24) is 0 Å². The van der Waals surface area contributed by atoms with Crippen LogP contribution in [0.4, 0.5) is 5.69 Å². The van der Waals surface area contributed by atoms with E-state index < -0.39 is 0 Å². The van der Waals surface area contributed by atoms with Crippen LogP contribution >= 0.6 is 0 Å². The van der Waals surface area contributed by atoms with Gasteiger partial charge < -0.3 is 10.1 Å². The second kappa shape index (κ2) is 6.79. The van der Waals surface area contributed by atoms with Crippen molar-refractivity contribution in [3.05, 3.63) is 84.4 Å². The van der Waals surface area contributed by atoms with Crippen molar-refractivity contribution in [2.45, 2.75) is 0 Å². The zero-order valence-electron chi connectivity index (χ0n) is 12.8. The van der Waals surface area contributed by atoms with E-state index in [9.17, 15) is 4.79 Å². The van der Waals surface area contributed by atoms with Gasteiger partial charge in [0.15, 0.2) is 0 Å². The molecule has 23 heavy (non-hydrogen) atoms. The van der Waals surface area contributed by atoms with E-state index in [4.69, 9.17) is 4.74 Å². The van der Waals surface area contributed by atoms with Gasteiger partial charge in [-0.2, -0.15) is 0 Å². The number of carbonyl (C=O) groups is 1. The molecule has 0 aliphatic carbocycles. The summed E-state index contributed by atoms with van der Waals surface area (Å²) in [6.45, 7) is 0. The number of ether oxygens (including phenoxy) is 1. The Morgan fingerprint density at radius 3 is 2.22 bits per heavy atom. The zero-order chi connectivity index (χ0) is 16.1. The van der Waals surface area contributed by atoms with E-state index in [1.165, 1.54) is 0 Å². The molecule has 114 valence electrons. The predicted octanol–water partition coefficient (Wildman–Crippen LogP) is 4.61. The van der Waals surface area contributed by atoms with E-state index in [2.05, 4.69) is 5.32 Å². The van der Waals surface area contributed by atoms with E-state index in [0.29, 0.717) is 5.56 Å². The van der Waals surface area contributed by atoms with Crippen molar-refractivity contribution in [3.8, 4) is 16.9 Å². The number of hydrogen-bond acceptors (Lipinski definition) is 2. The lowest BCUT2D eigenvalue weighted by Crippen LogP contribution is -2.11. The smallest absolute Gasteiger partial charge is 0.255 e. The molecular weight excluding hydrogens is 286 g/mol. The minimum atomic E-state index is -0.141. The Hall–Kier alpha value is -3.07. The fourth-order valence-corrected chi connectivity index (χ4v) is 2.35. The second-order valence-electron chi connectivity index (χ2n) is 5.13. The van der Waals surface area contributed by atoms with Crippen molar-refractivity contribution in [3.63, 3.8) is 0 Å². The summed E-state index contributed by atoms with van der Waals surface area (Å²) in [5, 5.41) is 2.93. The second-order valence-corrected chi connectivity index (χ2v) is 5.13. The van der Waals surface area contributed by atoms with Gasteiger partial charge in [0.05, 0.1) is 7.11 Å². The van der Waals surface area contributed by atoms with Gasteiger partial charge in [0, 0.05) is 11.3 Å². The summed E-state index contributed by atoms with van der Waals surface area (Å²) in [7, 11) is 1.60. The summed E-state index contributed by atoms with van der Waals surface area (Å²) in [5.74, 6) is 0.588. The van der Waals surface area contributed by atoms with Gasteiger partial charge in [0.1, 0.15) is 5.75 Å². The van der Waals surface area contributed by atoms with Gasteiger partial charge in [0.25, 0.3) is 5.91 Å². The van der Waals surface area contributed by atoms with Crippen LogP contribution in [0.3, 0.4) is 0 Å². The Bertz CT molecular complexity index is 795. The van der Waals surface area contributed by atoms with Crippen molar-refractivity contribution >= 4 is 11.6 Å². The number of nitrogens with one attached hydrogen (secondary N) is 1. The molecule has 0 heterocycles. The summed E-state index contributed by atoms with van der Waals surface area (Å²) < 4.78 is 5.10. The van der Waals surface area contributed by atoms with Crippen molar-refractivity contribution < 1.29 is 9.53 Å². The van der Waals surface area contributed by atoms with Crippen LogP contribution in [0.1, 0.15) is 10.4 Å². The molecule has 0 aliphatic rings. The molecule has 3 nitrogen and oxygen atoms in total. The Balaban J connectivity index is 1.78. The number of rotatable bonds is 4. The fraction of sp³-hybridized carbons (Fsp3) is 0.0500. The Labute approximate surface area is 135 Å². The quantitative estimate of drug-likeness (QED) is 0.764. The maximum atomic E-state index is 12.3. The summed E-state index contributed by atoms with van der Waals surface area (Å²) in [6.07, 6.45) is 0. The van der Waals surface area contributed by atoms with Gasteiger partial charge >= 0.3 is 0 Å². The number of anilines is 1. The number of benzene rings is 3. The van der Waals surface area contributed by atoms with Crippen LogP contribution in [0.5, 0.6) is 5.75 Å². The molecule has 0 aromatic heterocycles. The van der Waals surface area contributed by atoms with Crippen LogP contribution in [-0.4, -0.2) is 13.0 Å². The first kappa shape index (κ1) is 14.9. The zero-order valence-corrected chi connectivity index (χ0v) is 12.8. The van der Waals surface area contributed by atoms with E-state index in [1.54, 1.807) is 31.4 Å². The van der Waals surface area contributed by atoms with Crippen LogP contribution in [0, 0.1) is 0 Å². The fourth-order valence-electron chi connectivity index (χ4n) is 2.35. The minimum absolute atomic E-state index is 0.141. The SMILES string of the molecule is COc1ccc(C(=O)Nc2cccc(-c3ccccc3)c2)cc1. The summed E-state index contributed by atoms with van der Waals surface area (Å²) in [5.41, 5.74) is 3.55. The maximum absolute atomic E-state index is 12.3.